The molecule has 0 aromatic rings. The molecule has 1 spiro atoms. The van der Waals surface area contributed by atoms with E-state index < -0.39 is 5.60 Å². The van der Waals surface area contributed by atoms with Crippen LogP contribution in [0.3, 0.4) is 0 Å². The summed E-state index contributed by atoms with van der Waals surface area (Å²) in [5.74, 6) is 0.969. The van der Waals surface area contributed by atoms with Gasteiger partial charge in [0, 0.05) is 31.7 Å². The lowest BCUT2D eigenvalue weighted by Gasteiger charge is -2.35. The molecule has 3 aliphatic rings. The van der Waals surface area contributed by atoms with Crippen LogP contribution >= 0.6 is 24.0 Å². The van der Waals surface area contributed by atoms with Gasteiger partial charge in [-0.1, -0.05) is 0 Å². The topological polar surface area (TPSA) is 57.1 Å². The van der Waals surface area contributed by atoms with Crippen molar-refractivity contribution < 1.29 is 9.84 Å². The van der Waals surface area contributed by atoms with Crippen molar-refractivity contribution in [3.05, 3.63) is 0 Å². The molecule has 0 amide bonds. The van der Waals surface area contributed by atoms with E-state index in [1.54, 1.807) is 0 Å². The SMILES string of the molecule is CCNC(=NCC1(O)CCC1)N1CCC2(CCOC2)C1.I. The van der Waals surface area contributed by atoms with E-state index in [-0.39, 0.29) is 24.0 Å². The molecule has 3 fully saturated rings. The van der Waals surface area contributed by atoms with E-state index in [4.69, 9.17) is 4.74 Å². The Kier molecular flexibility index (Phi) is 5.76. The van der Waals surface area contributed by atoms with Gasteiger partial charge in [-0.15, -0.1) is 24.0 Å². The van der Waals surface area contributed by atoms with Gasteiger partial charge in [0.25, 0.3) is 0 Å². The van der Waals surface area contributed by atoms with Crippen LogP contribution < -0.4 is 5.32 Å². The maximum Gasteiger partial charge on any atom is 0.194 e. The lowest BCUT2D eigenvalue weighted by atomic mass is 9.80. The molecule has 2 heterocycles. The highest BCUT2D eigenvalue weighted by Crippen LogP contribution is 2.38. The Morgan fingerprint density at radius 1 is 1.33 bits per heavy atom. The Morgan fingerprint density at radius 3 is 2.71 bits per heavy atom. The Bertz CT molecular complexity index is 379. The molecule has 1 saturated carbocycles. The van der Waals surface area contributed by atoms with E-state index in [1.165, 1.54) is 12.8 Å². The van der Waals surface area contributed by atoms with Crippen LogP contribution in [0.1, 0.15) is 39.0 Å². The maximum atomic E-state index is 10.2. The average molecular weight is 409 g/mol. The lowest BCUT2D eigenvalue weighted by molar-refractivity contribution is -0.0237. The van der Waals surface area contributed by atoms with E-state index >= 15 is 0 Å². The van der Waals surface area contributed by atoms with Gasteiger partial charge in [0.05, 0.1) is 18.8 Å². The molecule has 0 bridgehead atoms. The zero-order valence-electron chi connectivity index (χ0n) is 12.9. The predicted molar refractivity (Wildman–Crippen MR) is 94.3 cm³/mol. The molecule has 21 heavy (non-hydrogen) atoms. The van der Waals surface area contributed by atoms with Gasteiger partial charge in [-0.05, 0) is 39.0 Å². The first-order valence-corrected chi connectivity index (χ1v) is 7.98. The highest BCUT2D eigenvalue weighted by molar-refractivity contribution is 14.0. The van der Waals surface area contributed by atoms with Crippen molar-refractivity contribution in [2.45, 2.75) is 44.6 Å². The quantitative estimate of drug-likeness (QED) is 0.423. The zero-order valence-corrected chi connectivity index (χ0v) is 15.3. The second kappa shape index (κ2) is 7.00. The van der Waals surface area contributed by atoms with Gasteiger partial charge in [-0.3, -0.25) is 4.99 Å². The van der Waals surface area contributed by atoms with Gasteiger partial charge in [0.15, 0.2) is 5.96 Å². The smallest absolute Gasteiger partial charge is 0.194 e. The number of hydrogen-bond acceptors (Lipinski definition) is 3. The molecule has 0 aromatic carbocycles. The summed E-state index contributed by atoms with van der Waals surface area (Å²) in [4.78, 5) is 7.03. The van der Waals surface area contributed by atoms with Crippen molar-refractivity contribution in [1.82, 2.24) is 10.2 Å². The van der Waals surface area contributed by atoms with Crippen molar-refractivity contribution in [3.8, 4) is 0 Å². The molecular formula is C15H28IN3O2. The third-order valence-electron chi connectivity index (χ3n) is 5.07. The lowest BCUT2D eigenvalue weighted by Crippen LogP contribution is -2.44. The predicted octanol–water partition coefficient (Wildman–Crippen LogP) is 1.60. The third kappa shape index (κ3) is 3.82. The highest BCUT2D eigenvalue weighted by atomic mass is 127. The molecule has 6 heteroatoms. The fourth-order valence-electron chi connectivity index (χ4n) is 3.48. The Balaban J connectivity index is 0.00000161. The Labute approximate surface area is 144 Å². The summed E-state index contributed by atoms with van der Waals surface area (Å²) in [5, 5.41) is 13.6. The number of aliphatic hydroxyl groups is 1. The first kappa shape index (κ1) is 17.3. The molecule has 0 radical (unpaired) electrons. The van der Waals surface area contributed by atoms with Crippen LogP contribution in [0.2, 0.25) is 0 Å². The summed E-state index contributed by atoms with van der Waals surface area (Å²) in [5.41, 5.74) is -0.182. The van der Waals surface area contributed by atoms with Crippen LogP contribution in [-0.4, -0.2) is 61.0 Å². The number of aliphatic imine (C=N–C) groups is 1. The number of guanidine groups is 1. The first-order chi connectivity index (χ1) is 9.65. The number of likely N-dealkylation sites (tertiary alicyclic amines) is 1. The summed E-state index contributed by atoms with van der Waals surface area (Å²) in [6.45, 7) is 7.39. The van der Waals surface area contributed by atoms with Crippen LogP contribution in [0.15, 0.2) is 4.99 Å². The van der Waals surface area contributed by atoms with Gasteiger partial charge in [0.2, 0.25) is 0 Å². The summed E-state index contributed by atoms with van der Waals surface area (Å²) in [7, 11) is 0. The fourth-order valence-corrected chi connectivity index (χ4v) is 3.48. The molecule has 5 nitrogen and oxygen atoms in total. The van der Waals surface area contributed by atoms with E-state index in [0.717, 1.165) is 58.1 Å². The largest absolute Gasteiger partial charge is 0.388 e. The molecule has 1 aliphatic carbocycles. The monoisotopic (exact) mass is 409 g/mol. The molecule has 0 aromatic heterocycles. The van der Waals surface area contributed by atoms with Crippen molar-refractivity contribution in [1.29, 1.82) is 0 Å². The van der Waals surface area contributed by atoms with E-state index in [0.29, 0.717) is 12.0 Å². The van der Waals surface area contributed by atoms with Crippen LogP contribution in [0.4, 0.5) is 0 Å². The highest BCUT2D eigenvalue weighted by Gasteiger charge is 2.42. The minimum absolute atomic E-state index is 0. The van der Waals surface area contributed by atoms with Gasteiger partial charge in [-0.2, -0.15) is 0 Å². The van der Waals surface area contributed by atoms with Crippen LogP contribution in [0.5, 0.6) is 0 Å². The van der Waals surface area contributed by atoms with Crippen molar-refractivity contribution in [2.75, 3.05) is 39.4 Å². The summed E-state index contributed by atoms with van der Waals surface area (Å²) < 4.78 is 5.58. The molecule has 1 atom stereocenters. The van der Waals surface area contributed by atoms with Crippen molar-refractivity contribution in [2.24, 2.45) is 10.4 Å². The molecular weight excluding hydrogens is 381 g/mol. The molecule has 3 rings (SSSR count). The third-order valence-corrected chi connectivity index (χ3v) is 5.07. The number of halogens is 1. The number of hydrogen-bond donors (Lipinski definition) is 2. The van der Waals surface area contributed by atoms with Gasteiger partial charge >= 0.3 is 0 Å². The Hall–Kier alpha value is -0.0800. The minimum atomic E-state index is -0.533. The Morgan fingerprint density at radius 2 is 2.14 bits per heavy atom. The molecule has 1 unspecified atom stereocenters. The fraction of sp³-hybridized carbons (Fsp3) is 0.933. The van der Waals surface area contributed by atoms with E-state index in [2.05, 4.69) is 22.1 Å². The van der Waals surface area contributed by atoms with Crippen LogP contribution in [-0.2, 0) is 4.74 Å². The van der Waals surface area contributed by atoms with Crippen molar-refractivity contribution >= 4 is 29.9 Å². The molecule has 122 valence electrons. The number of ether oxygens (including phenoxy) is 1. The van der Waals surface area contributed by atoms with Gasteiger partial charge in [0.1, 0.15) is 0 Å². The van der Waals surface area contributed by atoms with E-state index in [1.807, 2.05) is 0 Å². The van der Waals surface area contributed by atoms with Crippen LogP contribution in [0, 0.1) is 5.41 Å². The standard InChI is InChI=1S/C15H27N3O2.HI/c1-2-16-13(17-10-15(19)4-3-5-15)18-8-6-14(11-18)7-9-20-12-14;/h19H,2-12H2,1H3,(H,16,17);1H. The van der Waals surface area contributed by atoms with E-state index in [9.17, 15) is 5.11 Å². The zero-order chi connectivity index (χ0) is 14.1. The molecule has 2 N–H and O–H groups in total. The molecule has 2 aliphatic heterocycles. The van der Waals surface area contributed by atoms with Crippen LogP contribution in [0.25, 0.3) is 0 Å². The second-order valence-corrected chi connectivity index (χ2v) is 6.72. The number of rotatable bonds is 3. The van der Waals surface area contributed by atoms with Gasteiger partial charge in [-0.25, -0.2) is 0 Å². The summed E-state index contributed by atoms with van der Waals surface area (Å²) in [6, 6.07) is 0. The summed E-state index contributed by atoms with van der Waals surface area (Å²) >= 11 is 0. The van der Waals surface area contributed by atoms with Gasteiger partial charge < -0.3 is 20.1 Å². The number of nitrogens with zero attached hydrogens (tertiary/aromatic N) is 2. The minimum Gasteiger partial charge on any atom is -0.388 e. The average Bonchev–Trinajstić information content (AvgIpc) is 3.03. The van der Waals surface area contributed by atoms with Crippen molar-refractivity contribution in [3.63, 3.8) is 0 Å². The number of nitrogens with one attached hydrogen (secondary N) is 1. The maximum absolute atomic E-state index is 10.2. The molecule has 2 saturated heterocycles. The summed E-state index contributed by atoms with van der Waals surface area (Å²) in [6.07, 6.45) is 5.29. The normalized spacial score (nSPS) is 31.1. The first-order valence-electron chi connectivity index (χ1n) is 7.98. The second-order valence-electron chi connectivity index (χ2n) is 6.72.